The summed E-state index contributed by atoms with van der Waals surface area (Å²) in [7, 11) is -2.43. The van der Waals surface area contributed by atoms with E-state index in [9.17, 15) is 22.5 Å². The molecule has 1 heterocycles. The van der Waals surface area contributed by atoms with Crippen molar-refractivity contribution in [3.63, 3.8) is 0 Å². The molecule has 15 heteroatoms. The Hall–Kier alpha value is -4.71. The van der Waals surface area contributed by atoms with Crippen molar-refractivity contribution in [2.45, 2.75) is 31.2 Å². The van der Waals surface area contributed by atoms with Crippen molar-refractivity contribution in [2.75, 3.05) is 20.2 Å². The number of rotatable bonds is 10. The number of aliphatic carboxylic acids is 1. The summed E-state index contributed by atoms with van der Waals surface area (Å²) < 4.78 is 63.8. The Kier molecular flexibility index (Phi) is 12.2. The SMILES string of the molecule is COc1ccc(CC(=O)NC(C2CCN(C(=N)N)CC2)P(=O)(Oc2ccccc2)Oc2ccccc2)cc1.O=C(O)C(F)(F)F. The first-order valence-electron chi connectivity index (χ1n) is 13.7. The lowest BCUT2D eigenvalue weighted by atomic mass is 9.96. The minimum absolute atomic E-state index is 0.00667. The Balaban J connectivity index is 0.000000707. The highest BCUT2D eigenvalue weighted by Crippen LogP contribution is 2.55. The van der Waals surface area contributed by atoms with Gasteiger partial charge in [0, 0.05) is 13.1 Å². The molecule has 5 N–H and O–H groups in total. The van der Waals surface area contributed by atoms with Crippen LogP contribution in [0.2, 0.25) is 0 Å². The first-order chi connectivity index (χ1) is 21.3. The van der Waals surface area contributed by atoms with Gasteiger partial charge in [-0.05, 0) is 60.7 Å². The maximum Gasteiger partial charge on any atom is 0.490 e. The molecule has 242 valence electrons. The number of ether oxygens (including phenoxy) is 1. The van der Waals surface area contributed by atoms with Crippen LogP contribution in [0.5, 0.6) is 17.2 Å². The van der Waals surface area contributed by atoms with Gasteiger partial charge in [0.1, 0.15) is 17.2 Å². The fourth-order valence-electron chi connectivity index (χ4n) is 4.44. The second-order valence-corrected chi connectivity index (χ2v) is 11.9. The van der Waals surface area contributed by atoms with Crippen LogP contribution in [0.4, 0.5) is 13.2 Å². The maximum absolute atomic E-state index is 14.7. The topological polar surface area (TPSA) is 164 Å². The van der Waals surface area contributed by atoms with Gasteiger partial charge in [-0.2, -0.15) is 13.2 Å². The van der Waals surface area contributed by atoms with Crippen LogP contribution in [0, 0.1) is 11.3 Å². The monoisotopic (exact) mass is 650 g/mol. The van der Waals surface area contributed by atoms with E-state index in [0.29, 0.717) is 43.2 Å². The number of carbonyl (C=O) groups excluding carboxylic acids is 1. The third-order valence-corrected chi connectivity index (χ3v) is 8.86. The molecule has 11 nitrogen and oxygen atoms in total. The van der Waals surface area contributed by atoms with E-state index in [1.807, 2.05) is 24.3 Å². The fourth-order valence-corrected chi connectivity index (χ4v) is 6.66. The van der Waals surface area contributed by atoms with E-state index in [0.717, 1.165) is 5.56 Å². The number of methoxy groups -OCH3 is 1. The molecule has 1 atom stereocenters. The van der Waals surface area contributed by atoms with Crippen molar-refractivity contribution in [3.8, 4) is 17.2 Å². The van der Waals surface area contributed by atoms with Crippen molar-refractivity contribution in [3.05, 3.63) is 90.5 Å². The van der Waals surface area contributed by atoms with Gasteiger partial charge in [-0.1, -0.05) is 48.5 Å². The average molecular weight is 651 g/mol. The summed E-state index contributed by atoms with van der Waals surface area (Å²) in [4.78, 5) is 24.0. The van der Waals surface area contributed by atoms with Crippen molar-refractivity contribution in [2.24, 2.45) is 11.7 Å². The number of piperidine rings is 1. The summed E-state index contributed by atoms with van der Waals surface area (Å²) in [5.41, 5.74) is 6.48. The van der Waals surface area contributed by atoms with Crippen LogP contribution in [0.15, 0.2) is 84.9 Å². The molecule has 1 saturated heterocycles. The highest BCUT2D eigenvalue weighted by Gasteiger charge is 2.46. The van der Waals surface area contributed by atoms with Crippen LogP contribution in [0.3, 0.4) is 0 Å². The number of likely N-dealkylation sites (tertiary alicyclic amines) is 1. The number of para-hydroxylation sites is 2. The van der Waals surface area contributed by atoms with Gasteiger partial charge in [0.15, 0.2) is 11.7 Å². The number of hydrogen-bond acceptors (Lipinski definition) is 7. The highest BCUT2D eigenvalue weighted by atomic mass is 31.2. The van der Waals surface area contributed by atoms with Crippen molar-refractivity contribution in [1.82, 2.24) is 10.2 Å². The predicted octanol–water partition coefficient (Wildman–Crippen LogP) is 5.27. The Morgan fingerprint density at radius 3 is 1.82 bits per heavy atom. The standard InChI is InChI=1S/C28H33N4O5P.C2HF3O2/c1-35-23-14-12-21(13-15-23)20-26(33)31-27(22-16-18-32(19-17-22)28(29)30)38(34,36-24-8-4-2-5-9-24)37-25-10-6-3-7-11-25;3-2(4,5)1(6)7/h2-15,22,27H,16-20H2,1H3,(H3,29,30)(H,31,33);(H,6,7). The molecule has 45 heavy (non-hydrogen) atoms. The molecule has 0 spiro atoms. The third kappa shape index (κ3) is 10.8. The molecule has 3 aromatic rings. The molecule has 0 aromatic heterocycles. The van der Waals surface area contributed by atoms with Gasteiger partial charge in [0.05, 0.1) is 13.5 Å². The van der Waals surface area contributed by atoms with Gasteiger partial charge in [0.2, 0.25) is 5.91 Å². The van der Waals surface area contributed by atoms with Crippen LogP contribution in [-0.4, -0.2) is 60.0 Å². The van der Waals surface area contributed by atoms with Crippen LogP contribution in [0.25, 0.3) is 0 Å². The second-order valence-electron chi connectivity index (χ2n) is 9.90. The third-order valence-electron chi connectivity index (χ3n) is 6.69. The van der Waals surface area contributed by atoms with Gasteiger partial charge in [0.25, 0.3) is 0 Å². The molecule has 1 aliphatic rings. The average Bonchev–Trinajstić information content (AvgIpc) is 3.01. The number of benzene rings is 3. The molecular weight excluding hydrogens is 616 g/mol. The second kappa shape index (κ2) is 15.8. The number of nitrogens with one attached hydrogen (secondary N) is 2. The zero-order valence-electron chi connectivity index (χ0n) is 24.3. The molecule has 1 aliphatic heterocycles. The molecule has 0 radical (unpaired) electrons. The number of nitrogens with two attached hydrogens (primary N) is 1. The number of guanidine groups is 1. The summed E-state index contributed by atoms with van der Waals surface area (Å²) in [6.07, 6.45) is -3.90. The van der Waals surface area contributed by atoms with E-state index in [1.165, 1.54) is 0 Å². The smallest absolute Gasteiger partial charge is 0.490 e. The van der Waals surface area contributed by atoms with E-state index in [2.05, 4.69) is 5.32 Å². The number of alkyl halides is 3. The summed E-state index contributed by atoms with van der Waals surface area (Å²) in [6, 6.07) is 24.8. The molecule has 1 unspecified atom stereocenters. The molecule has 0 bridgehead atoms. The maximum atomic E-state index is 14.7. The lowest BCUT2D eigenvalue weighted by molar-refractivity contribution is -0.192. The molecule has 3 aromatic carbocycles. The number of carboxylic acid groups (broad SMARTS) is 1. The first kappa shape index (κ1) is 34.8. The molecule has 0 saturated carbocycles. The van der Waals surface area contributed by atoms with E-state index in [4.69, 9.17) is 34.8 Å². The molecule has 4 rings (SSSR count). The summed E-state index contributed by atoms with van der Waals surface area (Å²) in [5.74, 6) is -2.78. The zero-order valence-corrected chi connectivity index (χ0v) is 25.2. The minimum Gasteiger partial charge on any atom is -0.497 e. The largest absolute Gasteiger partial charge is 0.497 e. The first-order valence-corrected chi connectivity index (χ1v) is 15.3. The van der Waals surface area contributed by atoms with Crippen molar-refractivity contribution >= 4 is 25.4 Å². The zero-order chi connectivity index (χ0) is 33.0. The Morgan fingerprint density at radius 2 is 1.42 bits per heavy atom. The predicted molar refractivity (Wildman–Crippen MR) is 160 cm³/mol. The normalized spacial score (nSPS) is 14.3. The van der Waals surface area contributed by atoms with Gasteiger partial charge in [-0.15, -0.1) is 0 Å². The number of nitrogens with zero attached hydrogens (tertiary/aromatic N) is 1. The molecule has 1 fully saturated rings. The van der Waals surface area contributed by atoms with Crippen LogP contribution < -0.4 is 24.8 Å². The van der Waals surface area contributed by atoms with Gasteiger partial charge in [-0.25, -0.2) is 9.36 Å². The number of halogens is 3. The molecule has 1 amide bonds. The van der Waals surface area contributed by atoms with Crippen LogP contribution in [0.1, 0.15) is 18.4 Å². The Morgan fingerprint density at radius 1 is 0.956 bits per heavy atom. The van der Waals surface area contributed by atoms with E-state index in [1.54, 1.807) is 72.7 Å². The van der Waals surface area contributed by atoms with E-state index in [-0.39, 0.29) is 24.2 Å². The number of amides is 1. The van der Waals surface area contributed by atoms with Gasteiger partial charge < -0.3 is 34.8 Å². The van der Waals surface area contributed by atoms with Crippen LogP contribution in [-0.2, 0) is 20.6 Å². The van der Waals surface area contributed by atoms with E-state index < -0.39 is 25.5 Å². The minimum atomic E-state index is -5.08. The van der Waals surface area contributed by atoms with Gasteiger partial charge >= 0.3 is 19.7 Å². The summed E-state index contributed by atoms with van der Waals surface area (Å²) >= 11 is 0. The quantitative estimate of drug-likeness (QED) is 0.130. The molecule has 0 aliphatic carbocycles. The Labute approximate surface area is 258 Å². The van der Waals surface area contributed by atoms with Gasteiger partial charge in [-0.3, -0.25) is 10.2 Å². The lowest BCUT2D eigenvalue weighted by Crippen LogP contribution is -2.49. The fraction of sp³-hybridized carbons (Fsp3) is 0.300. The van der Waals surface area contributed by atoms with Crippen LogP contribution >= 0.6 is 7.60 Å². The van der Waals surface area contributed by atoms with E-state index >= 15 is 0 Å². The summed E-state index contributed by atoms with van der Waals surface area (Å²) in [6.45, 7) is 1.00. The number of carbonyl (C=O) groups is 2. The lowest BCUT2D eigenvalue weighted by Gasteiger charge is -2.38. The summed E-state index contributed by atoms with van der Waals surface area (Å²) in [5, 5.41) is 17.9. The number of carboxylic acids is 1. The van der Waals surface area contributed by atoms with Crippen molar-refractivity contribution in [1.29, 1.82) is 5.41 Å². The van der Waals surface area contributed by atoms with Crippen molar-refractivity contribution < 1.29 is 46.2 Å². The highest BCUT2D eigenvalue weighted by molar-refractivity contribution is 7.55. The molecular formula is C30H34F3N4O7P. The Bertz CT molecular complexity index is 1410. The number of hydrogen-bond donors (Lipinski definition) is 4.